The summed E-state index contributed by atoms with van der Waals surface area (Å²) in [7, 11) is 0. The van der Waals surface area contributed by atoms with E-state index in [1.807, 2.05) is 0 Å². The van der Waals surface area contributed by atoms with Crippen LogP contribution in [0, 0.1) is 17.5 Å². The molecule has 0 saturated carbocycles. The number of ether oxygens (including phenoxy) is 1. The molecule has 0 bridgehead atoms. The lowest BCUT2D eigenvalue weighted by molar-refractivity contribution is 0.189. The third kappa shape index (κ3) is 3.57. The molecule has 0 spiro atoms. The van der Waals surface area contributed by atoms with Gasteiger partial charge in [0, 0.05) is 11.6 Å². The zero-order valence-corrected chi connectivity index (χ0v) is 12.6. The Bertz CT molecular complexity index is 660. The molecule has 2 nitrogen and oxygen atoms in total. The molecule has 0 radical (unpaired) electrons. The zero-order valence-electron chi connectivity index (χ0n) is 11.0. The Morgan fingerprint density at radius 2 is 1.90 bits per heavy atom. The van der Waals surface area contributed by atoms with Crippen molar-refractivity contribution in [2.75, 3.05) is 0 Å². The second-order valence-corrected chi connectivity index (χ2v) is 5.32. The van der Waals surface area contributed by atoms with E-state index in [-0.39, 0.29) is 15.8 Å². The van der Waals surface area contributed by atoms with Crippen LogP contribution in [0.1, 0.15) is 24.2 Å². The molecule has 1 N–H and O–H groups in total. The van der Waals surface area contributed by atoms with Crippen molar-refractivity contribution in [3.8, 4) is 5.75 Å². The summed E-state index contributed by atoms with van der Waals surface area (Å²) in [6.45, 7) is 1.07. The van der Waals surface area contributed by atoms with E-state index >= 15 is 0 Å². The minimum Gasteiger partial charge on any atom is -0.488 e. The monoisotopic (exact) mass is 360 g/mol. The number of aliphatic hydroxyl groups excluding tert-OH is 1. The second-order valence-electron chi connectivity index (χ2n) is 4.47. The SMILES string of the molecule is C[C@@H](O)c1ccc(F)cc1OCc1c(F)ccc(Br)c1F. The molecule has 0 unspecified atom stereocenters. The topological polar surface area (TPSA) is 29.5 Å². The van der Waals surface area contributed by atoms with Crippen molar-refractivity contribution in [2.45, 2.75) is 19.6 Å². The lowest BCUT2D eigenvalue weighted by atomic mass is 10.1. The largest absolute Gasteiger partial charge is 0.488 e. The molecule has 0 fully saturated rings. The van der Waals surface area contributed by atoms with Crippen molar-refractivity contribution in [3.63, 3.8) is 0 Å². The van der Waals surface area contributed by atoms with E-state index in [9.17, 15) is 18.3 Å². The molecule has 2 aromatic carbocycles. The van der Waals surface area contributed by atoms with Crippen molar-refractivity contribution in [1.29, 1.82) is 0 Å². The molecule has 0 amide bonds. The van der Waals surface area contributed by atoms with Crippen molar-refractivity contribution >= 4 is 15.9 Å². The maximum Gasteiger partial charge on any atom is 0.146 e. The number of hydrogen-bond donors (Lipinski definition) is 1. The fourth-order valence-electron chi connectivity index (χ4n) is 1.83. The van der Waals surface area contributed by atoms with Gasteiger partial charge in [0.25, 0.3) is 0 Å². The highest BCUT2D eigenvalue weighted by Gasteiger charge is 2.15. The van der Waals surface area contributed by atoms with Crippen LogP contribution in [0.4, 0.5) is 13.2 Å². The second kappa shape index (κ2) is 6.49. The highest BCUT2D eigenvalue weighted by Crippen LogP contribution is 2.28. The van der Waals surface area contributed by atoms with Gasteiger partial charge in [-0.3, -0.25) is 0 Å². The third-order valence-corrected chi connectivity index (χ3v) is 3.55. The van der Waals surface area contributed by atoms with Crippen molar-refractivity contribution < 1.29 is 23.0 Å². The predicted molar refractivity (Wildman–Crippen MR) is 75.4 cm³/mol. The minimum absolute atomic E-state index is 0.0452. The van der Waals surface area contributed by atoms with Gasteiger partial charge in [-0.2, -0.15) is 0 Å². The Labute approximate surface area is 128 Å². The van der Waals surface area contributed by atoms with Crippen molar-refractivity contribution in [2.24, 2.45) is 0 Å². The summed E-state index contributed by atoms with van der Waals surface area (Å²) in [6.07, 6.45) is -0.891. The molecular formula is C15H12BrF3O2. The smallest absolute Gasteiger partial charge is 0.146 e. The normalized spacial score (nSPS) is 12.3. The standard InChI is InChI=1S/C15H12BrF3O2/c1-8(20)10-3-2-9(17)6-14(10)21-7-11-13(18)5-4-12(16)15(11)19/h2-6,8,20H,7H2,1H3/t8-/m1/s1. The minimum atomic E-state index is -0.891. The number of rotatable bonds is 4. The Morgan fingerprint density at radius 3 is 2.57 bits per heavy atom. The molecule has 1 atom stereocenters. The summed E-state index contributed by atoms with van der Waals surface area (Å²) >= 11 is 2.96. The lowest BCUT2D eigenvalue weighted by Crippen LogP contribution is -2.05. The molecule has 0 aliphatic heterocycles. The first-order valence-corrected chi connectivity index (χ1v) is 6.92. The van der Waals surface area contributed by atoms with Gasteiger partial charge in [-0.15, -0.1) is 0 Å². The zero-order chi connectivity index (χ0) is 15.6. The molecule has 0 aromatic heterocycles. The maximum atomic E-state index is 13.8. The summed E-state index contributed by atoms with van der Waals surface area (Å²) in [6, 6.07) is 5.96. The molecule has 6 heteroatoms. The molecule has 21 heavy (non-hydrogen) atoms. The van der Waals surface area contributed by atoms with Gasteiger partial charge in [0.1, 0.15) is 29.8 Å². The average molecular weight is 361 g/mol. The fraction of sp³-hybridized carbons (Fsp3) is 0.200. The molecule has 2 rings (SSSR count). The first kappa shape index (κ1) is 15.9. The number of aliphatic hydroxyl groups is 1. The van der Waals surface area contributed by atoms with Crippen LogP contribution in [-0.2, 0) is 6.61 Å². The van der Waals surface area contributed by atoms with Crippen molar-refractivity contribution in [3.05, 3.63) is 63.4 Å². The average Bonchev–Trinajstić information content (AvgIpc) is 2.43. The van der Waals surface area contributed by atoms with Crippen LogP contribution in [0.2, 0.25) is 0 Å². The van der Waals surface area contributed by atoms with Gasteiger partial charge in [-0.25, -0.2) is 13.2 Å². The maximum absolute atomic E-state index is 13.8. The van der Waals surface area contributed by atoms with Crippen LogP contribution in [0.25, 0.3) is 0 Å². The summed E-state index contributed by atoms with van der Waals surface area (Å²) < 4.78 is 46.1. The number of benzene rings is 2. The van der Waals surface area contributed by atoms with Gasteiger partial charge in [-0.05, 0) is 47.1 Å². The van der Waals surface area contributed by atoms with E-state index in [2.05, 4.69) is 15.9 Å². The Hall–Kier alpha value is -1.53. The van der Waals surface area contributed by atoms with Crippen LogP contribution < -0.4 is 4.74 Å². The molecule has 0 aliphatic carbocycles. The fourth-order valence-corrected chi connectivity index (χ4v) is 2.20. The van der Waals surface area contributed by atoms with Gasteiger partial charge < -0.3 is 9.84 Å². The van der Waals surface area contributed by atoms with Gasteiger partial charge in [0.05, 0.1) is 16.1 Å². The van der Waals surface area contributed by atoms with Gasteiger partial charge in [0.15, 0.2) is 0 Å². The van der Waals surface area contributed by atoms with Crippen LogP contribution in [0.5, 0.6) is 5.75 Å². The number of hydrogen-bond acceptors (Lipinski definition) is 2. The van der Waals surface area contributed by atoms with Gasteiger partial charge >= 0.3 is 0 Å². The summed E-state index contributed by atoms with van der Waals surface area (Å²) in [4.78, 5) is 0. The summed E-state index contributed by atoms with van der Waals surface area (Å²) in [5.41, 5.74) is 0.0670. The first-order chi connectivity index (χ1) is 9.90. The third-order valence-electron chi connectivity index (χ3n) is 2.94. The van der Waals surface area contributed by atoms with E-state index in [0.29, 0.717) is 5.56 Å². The van der Waals surface area contributed by atoms with Gasteiger partial charge in [0.2, 0.25) is 0 Å². The first-order valence-electron chi connectivity index (χ1n) is 6.13. The van der Waals surface area contributed by atoms with E-state index in [4.69, 9.17) is 4.74 Å². The van der Waals surface area contributed by atoms with Crippen LogP contribution in [0.15, 0.2) is 34.8 Å². The van der Waals surface area contributed by atoms with Crippen LogP contribution in [0.3, 0.4) is 0 Å². The van der Waals surface area contributed by atoms with Crippen LogP contribution >= 0.6 is 15.9 Å². The predicted octanol–water partition coefficient (Wildman–Crippen LogP) is 4.50. The highest BCUT2D eigenvalue weighted by atomic mass is 79.9. The van der Waals surface area contributed by atoms with E-state index in [1.54, 1.807) is 0 Å². The summed E-state index contributed by atoms with van der Waals surface area (Å²) in [5, 5.41) is 9.59. The van der Waals surface area contributed by atoms with Crippen molar-refractivity contribution in [1.82, 2.24) is 0 Å². The Morgan fingerprint density at radius 1 is 1.19 bits per heavy atom. The van der Waals surface area contributed by atoms with E-state index in [1.165, 1.54) is 25.1 Å². The highest BCUT2D eigenvalue weighted by molar-refractivity contribution is 9.10. The summed E-state index contributed by atoms with van der Waals surface area (Å²) in [5.74, 6) is -2.05. The van der Waals surface area contributed by atoms with Crippen LogP contribution in [-0.4, -0.2) is 5.11 Å². The molecule has 2 aromatic rings. The molecule has 112 valence electrons. The van der Waals surface area contributed by atoms with E-state index in [0.717, 1.165) is 12.1 Å². The molecule has 0 heterocycles. The Kier molecular flexibility index (Phi) is 4.90. The number of halogens is 4. The molecule has 0 aliphatic rings. The quantitative estimate of drug-likeness (QED) is 0.813. The Balaban J connectivity index is 2.29. The lowest BCUT2D eigenvalue weighted by Gasteiger charge is -2.14. The molecule has 0 saturated heterocycles. The molecular weight excluding hydrogens is 349 g/mol. The van der Waals surface area contributed by atoms with Gasteiger partial charge in [-0.1, -0.05) is 0 Å². The van der Waals surface area contributed by atoms with E-state index < -0.39 is 30.2 Å².